The lowest BCUT2D eigenvalue weighted by molar-refractivity contribution is 0.109. The van der Waals surface area contributed by atoms with Gasteiger partial charge >= 0.3 is 0 Å². The third-order valence-corrected chi connectivity index (χ3v) is 3.48. The molecule has 1 aromatic carbocycles. The number of carbonyl (C=O) groups is 1. The summed E-state index contributed by atoms with van der Waals surface area (Å²) in [6.45, 7) is 0. The highest BCUT2D eigenvalue weighted by Gasteiger charge is 2.05. The summed E-state index contributed by atoms with van der Waals surface area (Å²) in [7, 11) is 0. The van der Waals surface area contributed by atoms with Crippen molar-refractivity contribution < 1.29 is 9.21 Å². The van der Waals surface area contributed by atoms with Crippen LogP contribution in [-0.2, 0) is 0 Å². The average Bonchev–Trinajstić information content (AvgIpc) is 2.71. The zero-order chi connectivity index (χ0) is 11.5. The summed E-state index contributed by atoms with van der Waals surface area (Å²) in [5, 5.41) is 1.65. The molecule has 16 heavy (non-hydrogen) atoms. The largest absolute Gasteiger partial charge is 0.447 e. The Kier molecular flexibility index (Phi) is 3.59. The number of carbonyl (C=O) groups excluding carboxylic acids is 1. The zero-order valence-corrected chi connectivity index (χ0v) is 10.3. The van der Waals surface area contributed by atoms with Crippen LogP contribution >= 0.6 is 35.0 Å². The molecule has 2 rings (SSSR count). The summed E-state index contributed by atoms with van der Waals surface area (Å²) in [5.41, 5.74) is 0. The molecule has 0 fully saturated rings. The summed E-state index contributed by atoms with van der Waals surface area (Å²) >= 11 is 13.1. The van der Waals surface area contributed by atoms with Crippen molar-refractivity contribution in [1.29, 1.82) is 0 Å². The van der Waals surface area contributed by atoms with Crippen molar-refractivity contribution in [3.63, 3.8) is 0 Å². The maximum Gasteiger partial charge on any atom is 0.185 e. The number of hydrogen-bond donors (Lipinski definition) is 0. The fourth-order valence-electron chi connectivity index (χ4n) is 1.11. The Labute approximate surface area is 107 Å². The van der Waals surface area contributed by atoms with Gasteiger partial charge in [-0.1, -0.05) is 35.0 Å². The first-order valence-electron chi connectivity index (χ1n) is 4.37. The fraction of sp³-hybridized carbons (Fsp3) is 0. The quantitative estimate of drug-likeness (QED) is 0.768. The molecule has 2 aromatic rings. The van der Waals surface area contributed by atoms with Gasteiger partial charge < -0.3 is 4.42 Å². The van der Waals surface area contributed by atoms with Gasteiger partial charge in [0, 0.05) is 4.90 Å². The Bertz CT molecular complexity index is 522. The smallest absolute Gasteiger partial charge is 0.185 e. The topological polar surface area (TPSA) is 30.2 Å². The standard InChI is InChI=1S/C11H6Cl2O2S/c12-9-3-2-8(5-10(9)13)16-11-4-1-7(6-14)15-11/h1-6H. The SMILES string of the molecule is O=Cc1ccc(Sc2ccc(Cl)c(Cl)c2)o1. The van der Waals surface area contributed by atoms with E-state index >= 15 is 0 Å². The number of rotatable bonds is 3. The monoisotopic (exact) mass is 272 g/mol. The molecule has 2 nitrogen and oxygen atoms in total. The number of benzene rings is 1. The molecule has 0 N–H and O–H groups in total. The van der Waals surface area contributed by atoms with Crippen LogP contribution in [0.15, 0.2) is 44.7 Å². The summed E-state index contributed by atoms with van der Waals surface area (Å²) in [6, 6.07) is 8.65. The van der Waals surface area contributed by atoms with Crippen molar-refractivity contribution in [3.05, 3.63) is 46.1 Å². The van der Waals surface area contributed by atoms with E-state index in [9.17, 15) is 4.79 Å². The van der Waals surface area contributed by atoms with Crippen molar-refractivity contribution >= 4 is 41.2 Å². The van der Waals surface area contributed by atoms with Gasteiger partial charge in [-0.05, 0) is 30.3 Å². The summed E-state index contributed by atoms with van der Waals surface area (Å²) in [5.74, 6) is 0.308. The second-order valence-electron chi connectivity index (χ2n) is 2.95. The van der Waals surface area contributed by atoms with Crippen molar-refractivity contribution in [2.75, 3.05) is 0 Å². The maximum atomic E-state index is 10.4. The highest BCUT2D eigenvalue weighted by Crippen LogP contribution is 2.33. The lowest BCUT2D eigenvalue weighted by Crippen LogP contribution is -1.73. The molecule has 0 unspecified atom stereocenters. The fourth-order valence-corrected chi connectivity index (χ4v) is 2.29. The van der Waals surface area contributed by atoms with Crippen LogP contribution < -0.4 is 0 Å². The van der Waals surface area contributed by atoms with Gasteiger partial charge in [-0.25, -0.2) is 0 Å². The Hall–Kier alpha value is -0.900. The van der Waals surface area contributed by atoms with Crippen LogP contribution in [0.3, 0.4) is 0 Å². The molecule has 1 heterocycles. The Morgan fingerprint density at radius 3 is 2.56 bits per heavy atom. The lowest BCUT2D eigenvalue weighted by atomic mass is 10.4. The van der Waals surface area contributed by atoms with Crippen LogP contribution in [0.4, 0.5) is 0 Å². The summed E-state index contributed by atoms with van der Waals surface area (Å²) in [6.07, 6.45) is 0.666. The Morgan fingerprint density at radius 1 is 1.12 bits per heavy atom. The highest BCUT2D eigenvalue weighted by molar-refractivity contribution is 7.99. The molecule has 0 aliphatic rings. The van der Waals surface area contributed by atoms with Gasteiger partial charge in [0.1, 0.15) is 0 Å². The van der Waals surface area contributed by atoms with Gasteiger partial charge in [0.05, 0.1) is 10.0 Å². The van der Waals surface area contributed by atoms with Crippen LogP contribution in [-0.4, -0.2) is 6.29 Å². The summed E-state index contributed by atoms with van der Waals surface area (Å²) in [4.78, 5) is 11.3. The molecule has 82 valence electrons. The van der Waals surface area contributed by atoms with Crippen molar-refractivity contribution in [2.24, 2.45) is 0 Å². The molecular formula is C11H6Cl2O2S. The van der Waals surface area contributed by atoms with Crippen molar-refractivity contribution in [2.45, 2.75) is 9.99 Å². The Balaban J connectivity index is 2.20. The molecule has 0 atom stereocenters. The van der Waals surface area contributed by atoms with E-state index in [2.05, 4.69) is 0 Å². The van der Waals surface area contributed by atoms with E-state index in [1.807, 2.05) is 6.07 Å². The van der Waals surface area contributed by atoms with Gasteiger partial charge in [0.2, 0.25) is 0 Å². The predicted molar refractivity (Wildman–Crippen MR) is 64.7 cm³/mol. The molecule has 0 bridgehead atoms. The molecule has 0 radical (unpaired) electrons. The first kappa shape index (κ1) is 11.6. The molecule has 0 spiro atoms. The number of halogens is 2. The minimum Gasteiger partial charge on any atom is -0.447 e. The van der Waals surface area contributed by atoms with Crippen LogP contribution in [0.1, 0.15) is 10.6 Å². The van der Waals surface area contributed by atoms with E-state index in [1.54, 1.807) is 24.3 Å². The van der Waals surface area contributed by atoms with Crippen molar-refractivity contribution in [3.8, 4) is 0 Å². The van der Waals surface area contributed by atoms with Crippen LogP contribution in [0.25, 0.3) is 0 Å². The highest BCUT2D eigenvalue weighted by atomic mass is 35.5. The van der Waals surface area contributed by atoms with Gasteiger partial charge in [0.25, 0.3) is 0 Å². The predicted octanol–water partition coefficient (Wildman–Crippen LogP) is 4.55. The minimum absolute atomic E-state index is 0.308. The van der Waals surface area contributed by atoms with Gasteiger partial charge in [-0.2, -0.15) is 0 Å². The molecule has 5 heteroatoms. The van der Waals surface area contributed by atoms with E-state index in [4.69, 9.17) is 27.6 Å². The zero-order valence-electron chi connectivity index (χ0n) is 7.94. The van der Waals surface area contributed by atoms with E-state index < -0.39 is 0 Å². The lowest BCUT2D eigenvalue weighted by Gasteiger charge is -2.00. The normalized spacial score (nSPS) is 10.4. The first-order chi connectivity index (χ1) is 7.69. The average molecular weight is 273 g/mol. The summed E-state index contributed by atoms with van der Waals surface area (Å²) < 4.78 is 5.23. The molecule has 0 saturated heterocycles. The molecule has 0 saturated carbocycles. The molecule has 1 aromatic heterocycles. The number of aldehydes is 1. The van der Waals surface area contributed by atoms with E-state index in [1.165, 1.54) is 11.8 Å². The molecule has 0 aliphatic carbocycles. The first-order valence-corrected chi connectivity index (χ1v) is 5.94. The number of furan rings is 1. The van der Waals surface area contributed by atoms with Crippen LogP contribution in [0, 0.1) is 0 Å². The number of hydrogen-bond acceptors (Lipinski definition) is 3. The van der Waals surface area contributed by atoms with E-state index in [0.29, 0.717) is 27.2 Å². The van der Waals surface area contributed by atoms with Crippen LogP contribution in [0.5, 0.6) is 0 Å². The third kappa shape index (κ3) is 2.61. The van der Waals surface area contributed by atoms with Gasteiger partial charge in [-0.3, -0.25) is 4.79 Å². The van der Waals surface area contributed by atoms with Gasteiger partial charge in [-0.15, -0.1) is 0 Å². The molecule has 0 aliphatic heterocycles. The Morgan fingerprint density at radius 2 is 1.94 bits per heavy atom. The van der Waals surface area contributed by atoms with Crippen molar-refractivity contribution in [1.82, 2.24) is 0 Å². The van der Waals surface area contributed by atoms with Crippen LogP contribution in [0.2, 0.25) is 10.0 Å². The maximum absolute atomic E-state index is 10.4. The second-order valence-corrected chi connectivity index (χ2v) is 4.84. The third-order valence-electron chi connectivity index (χ3n) is 1.83. The molecule has 0 amide bonds. The minimum atomic E-state index is 0.308. The molecular weight excluding hydrogens is 267 g/mol. The van der Waals surface area contributed by atoms with E-state index in [0.717, 1.165) is 4.90 Å². The second kappa shape index (κ2) is 4.95. The van der Waals surface area contributed by atoms with E-state index in [-0.39, 0.29) is 0 Å². The van der Waals surface area contributed by atoms with Gasteiger partial charge in [0.15, 0.2) is 17.1 Å².